The highest BCUT2D eigenvalue weighted by Gasteiger charge is 2.43. The molecular formula is C17H19ClF6N2O. The third-order valence-electron chi connectivity index (χ3n) is 5.02. The third kappa shape index (κ3) is 5.07. The van der Waals surface area contributed by atoms with Gasteiger partial charge in [0.05, 0.1) is 16.5 Å². The van der Waals surface area contributed by atoms with Gasteiger partial charge in [-0.25, -0.2) is 4.84 Å². The van der Waals surface area contributed by atoms with Crippen LogP contribution in [0.25, 0.3) is 0 Å². The molecule has 152 valence electrons. The molecule has 0 heterocycles. The Kier molecular flexibility index (Phi) is 6.36. The van der Waals surface area contributed by atoms with Gasteiger partial charge in [-0.1, -0.05) is 6.92 Å². The van der Waals surface area contributed by atoms with Crippen LogP contribution >= 0.6 is 11.8 Å². The number of amides is 1. The first-order valence-electron chi connectivity index (χ1n) is 8.34. The lowest BCUT2D eigenvalue weighted by molar-refractivity contribution is -0.143. The van der Waals surface area contributed by atoms with Crippen LogP contribution in [0.15, 0.2) is 18.2 Å². The summed E-state index contributed by atoms with van der Waals surface area (Å²) in [5.41, 5.74) is -3.80. The number of nitrogens with one attached hydrogen (secondary N) is 2. The molecule has 27 heavy (non-hydrogen) atoms. The van der Waals surface area contributed by atoms with Gasteiger partial charge in [0.25, 0.3) is 0 Å². The van der Waals surface area contributed by atoms with Gasteiger partial charge in [0.1, 0.15) is 0 Å². The molecule has 2 N–H and O–H groups in total. The van der Waals surface area contributed by atoms with E-state index >= 15 is 0 Å². The smallest absolute Gasteiger partial charge is 0.352 e. The van der Waals surface area contributed by atoms with E-state index in [0.717, 1.165) is 0 Å². The lowest BCUT2D eigenvalue weighted by atomic mass is 9.82. The normalized spacial score (nSPS) is 23.5. The molecule has 0 radical (unpaired) electrons. The zero-order valence-corrected chi connectivity index (χ0v) is 15.2. The van der Waals surface area contributed by atoms with Crippen molar-refractivity contribution in [2.75, 3.05) is 0 Å². The molecule has 1 unspecified atom stereocenters. The molecule has 3 nitrogen and oxygen atoms in total. The largest absolute Gasteiger partial charge is 0.416 e. The molecular weight excluding hydrogens is 398 g/mol. The molecule has 1 fully saturated rings. The summed E-state index contributed by atoms with van der Waals surface area (Å²) in [5.74, 6) is -0.398. The number of carbonyl (C=O) groups is 1. The Morgan fingerprint density at radius 3 is 2.11 bits per heavy atom. The van der Waals surface area contributed by atoms with Gasteiger partial charge in [-0.15, -0.1) is 0 Å². The number of benzene rings is 1. The van der Waals surface area contributed by atoms with Gasteiger partial charge >= 0.3 is 12.4 Å². The molecule has 1 amide bonds. The molecule has 1 aromatic rings. The van der Waals surface area contributed by atoms with E-state index in [4.69, 9.17) is 11.8 Å². The molecule has 2 rings (SSSR count). The maximum Gasteiger partial charge on any atom is 0.416 e. The molecule has 1 aromatic carbocycles. The van der Waals surface area contributed by atoms with Gasteiger partial charge in [0, 0.05) is 12.6 Å². The second-order valence-corrected chi connectivity index (χ2v) is 7.00. The van der Waals surface area contributed by atoms with Crippen LogP contribution in [-0.4, -0.2) is 11.9 Å². The Morgan fingerprint density at radius 1 is 1.15 bits per heavy atom. The monoisotopic (exact) mass is 416 g/mol. The Hall–Kier alpha value is -1.48. The zero-order chi connectivity index (χ0) is 20.5. The molecule has 0 aliphatic heterocycles. The number of halogens is 7. The molecule has 1 aliphatic carbocycles. The highest BCUT2D eigenvalue weighted by atomic mass is 35.5. The highest BCUT2D eigenvalue weighted by Crippen LogP contribution is 2.42. The number of hydrogen-bond acceptors (Lipinski definition) is 2. The van der Waals surface area contributed by atoms with E-state index < -0.39 is 41.3 Å². The van der Waals surface area contributed by atoms with Crippen molar-refractivity contribution < 1.29 is 31.1 Å². The SMILES string of the molecule is CCC1(C(=O)NCc2cc(C(F)(F)F)cc(C(F)(F)F)c2)CC[C@@H](NCl)C1. The first kappa shape index (κ1) is 21.8. The summed E-state index contributed by atoms with van der Waals surface area (Å²) < 4.78 is 77.4. The van der Waals surface area contributed by atoms with Gasteiger partial charge in [0.15, 0.2) is 0 Å². The molecule has 2 atom stereocenters. The minimum Gasteiger partial charge on any atom is -0.352 e. The summed E-state index contributed by atoms with van der Waals surface area (Å²) in [6.07, 6.45) is -7.70. The second kappa shape index (κ2) is 7.87. The van der Waals surface area contributed by atoms with Gasteiger partial charge in [-0.2, -0.15) is 26.3 Å². The molecule has 1 saturated carbocycles. The van der Waals surface area contributed by atoms with Crippen molar-refractivity contribution in [3.63, 3.8) is 0 Å². The fraction of sp³-hybridized carbons (Fsp3) is 0.588. The molecule has 1 aliphatic rings. The first-order valence-corrected chi connectivity index (χ1v) is 8.72. The first-order chi connectivity index (χ1) is 12.4. The standard InChI is InChI=1S/C17H19ClF6N2O/c1-2-15(4-3-13(8-15)26-18)14(27)25-9-10-5-11(16(19,20)21)7-12(6-10)17(22,23)24/h5-7,13,26H,2-4,8-9H2,1H3,(H,25,27)/t13-,15?/m1/s1. The van der Waals surface area contributed by atoms with E-state index in [1.807, 2.05) is 6.92 Å². The quantitative estimate of drug-likeness (QED) is 0.522. The lowest BCUT2D eigenvalue weighted by Gasteiger charge is -2.26. The number of hydrogen-bond donors (Lipinski definition) is 2. The summed E-state index contributed by atoms with van der Waals surface area (Å²) in [7, 11) is 0. The Bertz CT molecular complexity index is 659. The molecule has 0 bridgehead atoms. The van der Waals surface area contributed by atoms with Crippen molar-refractivity contribution in [1.29, 1.82) is 0 Å². The van der Waals surface area contributed by atoms with Crippen LogP contribution in [-0.2, 0) is 23.7 Å². The molecule has 10 heteroatoms. The van der Waals surface area contributed by atoms with Crippen molar-refractivity contribution in [2.45, 2.75) is 57.5 Å². The predicted molar refractivity (Wildman–Crippen MR) is 87.6 cm³/mol. The van der Waals surface area contributed by atoms with E-state index in [2.05, 4.69) is 10.2 Å². The van der Waals surface area contributed by atoms with Crippen LogP contribution < -0.4 is 10.2 Å². The third-order valence-corrected chi connectivity index (χ3v) is 5.33. The molecule has 0 saturated heterocycles. The lowest BCUT2D eigenvalue weighted by Crippen LogP contribution is -2.39. The summed E-state index contributed by atoms with van der Waals surface area (Å²) in [6, 6.07) is 1.23. The molecule has 0 aromatic heterocycles. The van der Waals surface area contributed by atoms with E-state index in [1.54, 1.807) is 0 Å². The fourth-order valence-electron chi connectivity index (χ4n) is 3.40. The topological polar surface area (TPSA) is 41.1 Å². The van der Waals surface area contributed by atoms with E-state index in [9.17, 15) is 31.1 Å². The van der Waals surface area contributed by atoms with Crippen LogP contribution in [0.2, 0.25) is 0 Å². The average molecular weight is 417 g/mol. The highest BCUT2D eigenvalue weighted by molar-refractivity contribution is 6.13. The Balaban J connectivity index is 2.20. The summed E-state index contributed by atoms with van der Waals surface area (Å²) in [5, 5.41) is 2.49. The minimum absolute atomic E-state index is 0.0621. The van der Waals surface area contributed by atoms with Crippen LogP contribution in [0.3, 0.4) is 0 Å². The maximum atomic E-state index is 12.9. The van der Waals surface area contributed by atoms with Crippen LogP contribution in [0.1, 0.15) is 49.3 Å². The number of rotatable bonds is 5. The van der Waals surface area contributed by atoms with E-state index in [0.29, 0.717) is 37.8 Å². The van der Waals surface area contributed by atoms with Crippen molar-refractivity contribution in [1.82, 2.24) is 10.2 Å². The molecule has 0 spiro atoms. The zero-order valence-electron chi connectivity index (χ0n) is 14.4. The number of alkyl halides is 6. The number of carbonyl (C=O) groups excluding carboxylic acids is 1. The van der Waals surface area contributed by atoms with Crippen molar-refractivity contribution in [2.24, 2.45) is 5.41 Å². The fourth-order valence-corrected chi connectivity index (χ4v) is 3.58. The van der Waals surface area contributed by atoms with E-state index in [1.165, 1.54) is 0 Å². The second-order valence-electron chi connectivity index (χ2n) is 6.78. The van der Waals surface area contributed by atoms with Gasteiger partial charge in [-0.3, -0.25) is 4.79 Å². The predicted octanol–water partition coefficient (Wildman–Crippen LogP) is 5.03. The average Bonchev–Trinajstić information content (AvgIpc) is 3.03. The minimum atomic E-state index is -4.92. The Morgan fingerprint density at radius 2 is 1.70 bits per heavy atom. The van der Waals surface area contributed by atoms with E-state index in [-0.39, 0.29) is 17.7 Å². The maximum absolute atomic E-state index is 12.9. The van der Waals surface area contributed by atoms with Crippen LogP contribution in [0, 0.1) is 5.41 Å². The van der Waals surface area contributed by atoms with Crippen molar-refractivity contribution in [3.05, 3.63) is 34.9 Å². The van der Waals surface area contributed by atoms with Crippen LogP contribution in [0.5, 0.6) is 0 Å². The summed E-state index contributed by atoms with van der Waals surface area (Å²) in [4.78, 5) is 15.1. The van der Waals surface area contributed by atoms with Crippen molar-refractivity contribution in [3.8, 4) is 0 Å². The van der Waals surface area contributed by atoms with Crippen LogP contribution in [0.4, 0.5) is 26.3 Å². The van der Waals surface area contributed by atoms with Gasteiger partial charge in [-0.05, 0) is 61.2 Å². The summed E-state index contributed by atoms with van der Waals surface area (Å²) in [6.45, 7) is 1.38. The Labute approximate surface area is 157 Å². The summed E-state index contributed by atoms with van der Waals surface area (Å²) >= 11 is 5.60. The van der Waals surface area contributed by atoms with Gasteiger partial charge < -0.3 is 5.32 Å². The van der Waals surface area contributed by atoms with Crippen molar-refractivity contribution >= 4 is 17.7 Å². The van der Waals surface area contributed by atoms with Gasteiger partial charge in [0.2, 0.25) is 5.91 Å².